The van der Waals surface area contributed by atoms with E-state index in [-0.39, 0.29) is 26.7 Å². The minimum absolute atomic E-state index is 0.114. The molecule has 0 fully saturated rings. The summed E-state index contributed by atoms with van der Waals surface area (Å²) in [6.45, 7) is 1.50. The maximum Gasteiger partial charge on any atom is 0.238 e. The van der Waals surface area contributed by atoms with Gasteiger partial charge in [-0.1, -0.05) is 35.0 Å². The van der Waals surface area contributed by atoms with Gasteiger partial charge in [0.05, 0.1) is 5.69 Å². The van der Waals surface area contributed by atoms with Crippen LogP contribution in [0.2, 0.25) is 10.0 Å². The third-order valence-electron chi connectivity index (χ3n) is 1.86. The van der Waals surface area contributed by atoms with Gasteiger partial charge in [-0.15, -0.1) is 0 Å². The Morgan fingerprint density at radius 2 is 2.12 bits per heavy atom. The van der Waals surface area contributed by atoms with Gasteiger partial charge in [-0.25, -0.2) is 0 Å². The molecule has 0 aromatic carbocycles. The number of nitrogens with two attached hydrogens (primary N) is 1. The molecule has 0 saturated heterocycles. The van der Waals surface area contributed by atoms with Crippen molar-refractivity contribution in [1.29, 1.82) is 0 Å². The zero-order chi connectivity index (χ0) is 13.2. The smallest absolute Gasteiger partial charge is 0.238 e. The molecule has 0 spiro atoms. The van der Waals surface area contributed by atoms with Crippen LogP contribution in [0.5, 0.6) is 5.88 Å². The van der Waals surface area contributed by atoms with E-state index in [0.29, 0.717) is 0 Å². The van der Waals surface area contributed by atoms with Crippen LogP contribution in [0.4, 0.5) is 10.1 Å². The van der Waals surface area contributed by atoms with Crippen LogP contribution in [0.3, 0.4) is 0 Å². The van der Waals surface area contributed by atoms with Crippen LogP contribution in [0.15, 0.2) is 0 Å². The Labute approximate surface area is 112 Å². The van der Waals surface area contributed by atoms with Gasteiger partial charge in [-0.3, -0.25) is 4.79 Å². The quantitative estimate of drug-likeness (QED) is 0.869. The number of nitrogens with zero attached hydrogens (tertiary/aromatic N) is 1. The molecule has 1 aromatic rings. The third kappa shape index (κ3) is 3.14. The van der Waals surface area contributed by atoms with E-state index in [1.165, 1.54) is 6.92 Å². The summed E-state index contributed by atoms with van der Waals surface area (Å²) in [5.74, 6) is -1.24. The van der Waals surface area contributed by atoms with Gasteiger partial charge in [0, 0.05) is 0 Å². The molecule has 1 heterocycles. The average Bonchev–Trinajstić information content (AvgIpc) is 2.32. The monoisotopic (exact) mass is 298 g/mol. The molecule has 1 atom stereocenters. The summed E-state index contributed by atoms with van der Waals surface area (Å²) in [5, 5.41) is -0.722. The summed E-state index contributed by atoms with van der Waals surface area (Å²) in [7, 11) is 0. The van der Waals surface area contributed by atoms with Crippen molar-refractivity contribution in [2.24, 2.45) is 0 Å². The predicted octanol–water partition coefficient (Wildman–Crippen LogP) is 2.77. The average molecular weight is 299 g/mol. The second-order valence-electron chi connectivity index (χ2n) is 3.03. The Morgan fingerprint density at radius 1 is 1.53 bits per heavy atom. The van der Waals surface area contributed by atoms with E-state index in [1.807, 2.05) is 0 Å². The van der Waals surface area contributed by atoms with Crippen LogP contribution < -0.4 is 10.5 Å². The van der Waals surface area contributed by atoms with E-state index in [9.17, 15) is 9.18 Å². The molecule has 1 rings (SSSR count). The first kappa shape index (κ1) is 14.3. The van der Waals surface area contributed by atoms with Gasteiger partial charge in [0.2, 0.25) is 16.9 Å². The number of rotatable bonds is 3. The zero-order valence-corrected chi connectivity index (χ0v) is 11.3. The predicted molar refractivity (Wildman–Crippen MR) is 67.2 cm³/mol. The van der Waals surface area contributed by atoms with Crippen molar-refractivity contribution in [3.63, 3.8) is 0 Å². The van der Waals surface area contributed by atoms with Crippen LogP contribution in [-0.4, -0.2) is 22.5 Å². The Balaban J connectivity index is 3.04. The van der Waals surface area contributed by atoms with E-state index in [0.717, 1.165) is 11.8 Å². The van der Waals surface area contributed by atoms with Gasteiger partial charge in [0.25, 0.3) is 0 Å². The lowest BCUT2D eigenvalue weighted by Crippen LogP contribution is -2.21. The van der Waals surface area contributed by atoms with Crippen LogP contribution in [-0.2, 0) is 4.79 Å². The van der Waals surface area contributed by atoms with Gasteiger partial charge in [0.15, 0.2) is 6.10 Å². The number of hydrogen-bond donors (Lipinski definition) is 1. The van der Waals surface area contributed by atoms with E-state index in [2.05, 4.69) is 4.98 Å². The van der Waals surface area contributed by atoms with E-state index in [1.54, 1.807) is 6.26 Å². The first-order chi connectivity index (χ1) is 7.88. The highest BCUT2D eigenvalue weighted by Gasteiger charge is 2.20. The lowest BCUT2D eigenvalue weighted by Gasteiger charge is -2.14. The maximum atomic E-state index is 13.2. The molecular formula is C9H9Cl2FN2O2S. The first-order valence-corrected chi connectivity index (χ1v) is 6.41. The summed E-state index contributed by atoms with van der Waals surface area (Å²) < 4.78 is 18.3. The lowest BCUT2D eigenvalue weighted by atomic mass is 10.4. The van der Waals surface area contributed by atoms with Crippen molar-refractivity contribution in [1.82, 2.24) is 4.98 Å². The molecule has 0 unspecified atom stereocenters. The fourth-order valence-corrected chi connectivity index (χ4v) is 1.72. The van der Waals surface area contributed by atoms with Gasteiger partial charge in [-0.05, 0) is 13.2 Å². The van der Waals surface area contributed by atoms with Crippen LogP contribution in [0, 0.1) is 5.95 Å². The number of anilines is 1. The molecule has 17 heavy (non-hydrogen) atoms. The molecule has 8 heteroatoms. The molecule has 94 valence electrons. The van der Waals surface area contributed by atoms with E-state index >= 15 is 0 Å². The van der Waals surface area contributed by atoms with Crippen molar-refractivity contribution in [2.75, 3.05) is 12.0 Å². The van der Waals surface area contributed by atoms with Crippen molar-refractivity contribution >= 4 is 45.8 Å². The lowest BCUT2D eigenvalue weighted by molar-refractivity contribution is -0.116. The molecule has 0 aliphatic heterocycles. The summed E-state index contributed by atoms with van der Waals surface area (Å²) in [6, 6.07) is 0. The number of carbonyl (C=O) groups excluding carboxylic acids is 1. The normalized spacial score (nSPS) is 12.3. The van der Waals surface area contributed by atoms with E-state index < -0.39 is 12.1 Å². The molecule has 0 bridgehead atoms. The number of aromatic nitrogens is 1. The number of ether oxygens (including phenoxy) is 1. The minimum atomic E-state index is -0.993. The van der Waals surface area contributed by atoms with Crippen LogP contribution in [0.25, 0.3) is 0 Å². The summed E-state index contributed by atoms with van der Waals surface area (Å²) in [5.41, 5.74) is 5.29. The Bertz CT molecular complexity index is 459. The number of nitrogen functional groups attached to an aromatic ring is 1. The molecule has 0 saturated carbocycles. The SMILES string of the molecule is CSC(=O)[C@@H](C)Oc1nc(F)c(Cl)c(N)c1Cl. The number of pyridine rings is 1. The second-order valence-corrected chi connectivity index (χ2v) is 4.60. The summed E-state index contributed by atoms with van der Waals surface area (Å²) >= 11 is 12.3. The van der Waals surface area contributed by atoms with Crippen molar-refractivity contribution in [3.8, 4) is 5.88 Å². The Kier molecular flexibility index (Phi) is 4.85. The molecule has 0 amide bonds. The second kappa shape index (κ2) is 5.75. The van der Waals surface area contributed by atoms with Gasteiger partial charge < -0.3 is 10.5 Å². The molecule has 0 aliphatic rings. The topological polar surface area (TPSA) is 65.2 Å². The first-order valence-electron chi connectivity index (χ1n) is 4.43. The molecule has 2 N–H and O–H groups in total. The highest BCUT2D eigenvalue weighted by Crippen LogP contribution is 2.35. The third-order valence-corrected chi connectivity index (χ3v) is 3.32. The number of hydrogen-bond acceptors (Lipinski definition) is 5. The standard InChI is InChI=1S/C9H9Cl2FN2O2S/c1-3(9(15)17-2)16-8-5(11)6(13)4(10)7(12)14-8/h3H,1-2H3,(H2,13,14)/t3-/m1/s1. The van der Waals surface area contributed by atoms with Gasteiger partial charge in [0.1, 0.15) is 10.0 Å². The van der Waals surface area contributed by atoms with Crippen LogP contribution in [0.1, 0.15) is 6.92 Å². The molecule has 0 aliphatic carbocycles. The number of thioether (sulfide) groups is 1. The fraction of sp³-hybridized carbons (Fsp3) is 0.333. The summed E-state index contributed by atoms with van der Waals surface area (Å²) in [4.78, 5) is 14.7. The largest absolute Gasteiger partial charge is 0.464 e. The van der Waals surface area contributed by atoms with Crippen molar-refractivity contribution in [3.05, 3.63) is 16.0 Å². The molecule has 1 aromatic heterocycles. The fourth-order valence-electron chi connectivity index (χ4n) is 0.970. The van der Waals surface area contributed by atoms with Crippen LogP contribution >= 0.6 is 35.0 Å². The molecule has 4 nitrogen and oxygen atoms in total. The highest BCUT2D eigenvalue weighted by atomic mass is 35.5. The number of carbonyl (C=O) groups is 1. The van der Waals surface area contributed by atoms with Crippen molar-refractivity contribution in [2.45, 2.75) is 13.0 Å². The van der Waals surface area contributed by atoms with Crippen molar-refractivity contribution < 1.29 is 13.9 Å². The zero-order valence-electron chi connectivity index (χ0n) is 8.96. The maximum absolute atomic E-state index is 13.2. The molecular weight excluding hydrogens is 290 g/mol. The van der Waals surface area contributed by atoms with Gasteiger partial charge >= 0.3 is 0 Å². The molecule has 0 radical (unpaired) electrons. The van der Waals surface area contributed by atoms with E-state index in [4.69, 9.17) is 33.7 Å². The Morgan fingerprint density at radius 3 is 2.65 bits per heavy atom. The Hall–Kier alpha value is -0.720. The summed E-state index contributed by atoms with van der Waals surface area (Å²) in [6.07, 6.45) is 0.795. The minimum Gasteiger partial charge on any atom is -0.464 e. The number of halogens is 3. The highest BCUT2D eigenvalue weighted by molar-refractivity contribution is 8.13. The van der Waals surface area contributed by atoms with Gasteiger partial charge in [-0.2, -0.15) is 9.37 Å².